The van der Waals surface area contributed by atoms with Crippen molar-refractivity contribution < 1.29 is 13.9 Å². The average Bonchev–Trinajstić information content (AvgIpc) is 3.43. The molecule has 0 radical (unpaired) electrons. The Kier molecular flexibility index (Phi) is 6.06. The Bertz CT molecular complexity index is 1260. The molecule has 1 aliphatic heterocycles. The number of ether oxygens (including phenoxy) is 1. The van der Waals surface area contributed by atoms with Crippen LogP contribution in [-0.2, 0) is 11.8 Å². The van der Waals surface area contributed by atoms with Gasteiger partial charge in [-0.3, -0.25) is 19.0 Å². The van der Waals surface area contributed by atoms with E-state index in [0.29, 0.717) is 54.7 Å². The summed E-state index contributed by atoms with van der Waals surface area (Å²) in [5.41, 5.74) is 1.40. The van der Waals surface area contributed by atoms with Crippen LogP contribution >= 0.6 is 0 Å². The van der Waals surface area contributed by atoms with Crippen molar-refractivity contribution in [3.8, 4) is 5.69 Å². The van der Waals surface area contributed by atoms with E-state index in [1.54, 1.807) is 46.8 Å². The van der Waals surface area contributed by atoms with Gasteiger partial charge in [0.2, 0.25) is 0 Å². The van der Waals surface area contributed by atoms with E-state index in [1.807, 2.05) is 19.1 Å². The van der Waals surface area contributed by atoms with Gasteiger partial charge in [-0.25, -0.2) is 4.39 Å². The minimum atomic E-state index is -0.364. The van der Waals surface area contributed by atoms with Gasteiger partial charge >= 0.3 is 0 Å². The van der Waals surface area contributed by atoms with Crippen LogP contribution in [0.2, 0.25) is 0 Å². The predicted molar refractivity (Wildman–Crippen MR) is 124 cm³/mol. The van der Waals surface area contributed by atoms with Crippen molar-refractivity contribution in [1.29, 1.82) is 0 Å². The molecule has 10 heteroatoms. The van der Waals surface area contributed by atoms with Crippen molar-refractivity contribution in [2.24, 2.45) is 12.0 Å². The lowest BCUT2D eigenvalue weighted by Crippen LogP contribution is -2.44. The molecule has 2 aromatic heterocycles. The number of hydrogen-bond donors (Lipinski definition) is 1. The van der Waals surface area contributed by atoms with Crippen LogP contribution in [0.25, 0.3) is 5.69 Å². The third kappa shape index (κ3) is 4.28. The number of carbonyl (C=O) groups excluding carboxylic acids is 1. The highest BCUT2D eigenvalue weighted by Gasteiger charge is 2.37. The second-order valence-corrected chi connectivity index (χ2v) is 8.46. The third-order valence-electron chi connectivity index (χ3n) is 6.09. The Morgan fingerprint density at radius 2 is 2.06 bits per heavy atom. The zero-order valence-corrected chi connectivity index (χ0v) is 19.1. The van der Waals surface area contributed by atoms with Crippen LogP contribution in [0.4, 0.5) is 4.39 Å². The van der Waals surface area contributed by atoms with Crippen molar-refractivity contribution in [3.63, 3.8) is 0 Å². The number of aliphatic imine (C=N–C) groups is 1. The van der Waals surface area contributed by atoms with E-state index in [1.165, 1.54) is 6.07 Å². The molecule has 34 heavy (non-hydrogen) atoms. The zero-order chi connectivity index (χ0) is 23.7. The smallest absolute Gasteiger partial charge is 0.271 e. The fourth-order valence-corrected chi connectivity index (χ4v) is 4.31. The van der Waals surface area contributed by atoms with Crippen LogP contribution in [0.15, 0.2) is 53.7 Å². The van der Waals surface area contributed by atoms with Gasteiger partial charge in [-0.2, -0.15) is 5.10 Å². The van der Waals surface area contributed by atoms with Gasteiger partial charge in [0.05, 0.1) is 18.3 Å². The van der Waals surface area contributed by atoms with Crippen molar-refractivity contribution in [3.05, 3.63) is 71.8 Å². The first-order valence-corrected chi connectivity index (χ1v) is 11.4. The average molecular weight is 464 g/mol. The van der Waals surface area contributed by atoms with Gasteiger partial charge in [0.15, 0.2) is 5.82 Å². The Hall–Kier alpha value is -3.66. The van der Waals surface area contributed by atoms with Gasteiger partial charge in [-0.15, -0.1) is 10.2 Å². The lowest BCUT2D eigenvalue weighted by atomic mass is 9.79. The Labute approximate surface area is 196 Å². The summed E-state index contributed by atoms with van der Waals surface area (Å²) in [6, 6.07) is 8.24. The molecule has 1 aliphatic carbocycles. The van der Waals surface area contributed by atoms with E-state index in [4.69, 9.17) is 4.74 Å². The summed E-state index contributed by atoms with van der Waals surface area (Å²) in [6.45, 7) is 3.03. The van der Waals surface area contributed by atoms with E-state index < -0.39 is 0 Å². The second-order valence-electron chi connectivity index (χ2n) is 8.46. The molecule has 9 nitrogen and oxygen atoms in total. The number of aryl methyl sites for hydroxylation is 1. The number of hydrogen-bond acceptors (Lipinski definition) is 6. The topological polar surface area (TPSA) is 99.2 Å². The number of nitrogens with one attached hydrogen (secondary N) is 1. The number of carbonyl (C=O) groups is 1. The predicted octanol–water partition coefficient (Wildman–Crippen LogP) is 2.58. The number of allylic oxidation sites excluding steroid dienone is 1. The number of amides is 1. The van der Waals surface area contributed by atoms with E-state index in [2.05, 4.69) is 25.6 Å². The summed E-state index contributed by atoms with van der Waals surface area (Å²) >= 11 is 0. The number of halogens is 1. The normalized spacial score (nSPS) is 21.7. The molecule has 0 spiro atoms. The molecule has 3 aromatic rings. The van der Waals surface area contributed by atoms with E-state index in [-0.39, 0.29) is 29.8 Å². The summed E-state index contributed by atoms with van der Waals surface area (Å²) in [5.74, 6) is 0.612. The standard InChI is InChI=1S/C24H26FN7O2/c1-3-34-17-8-9-19(26-14-17)23-29-28-22(32(23)21-7-5-4-6-18(21)25)15-12-16(13-15)27-24(33)20-10-11-31(2)30-20/h4-11,15-17H,3,12-14H2,1-2H3,(H,27,33). The maximum atomic E-state index is 14.8. The van der Waals surface area contributed by atoms with Gasteiger partial charge in [-0.1, -0.05) is 18.2 Å². The molecule has 1 saturated carbocycles. The zero-order valence-electron chi connectivity index (χ0n) is 19.1. The number of dihydropyridines is 1. The van der Waals surface area contributed by atoms with Gasteiger partial charge in [0.1, 0.15) is 23.0 Å². The van der Waals surface area contributed by atoms with Crippen molar-refractivity contribution in [2.45, 2.75) is 37.8 Å². The van der Waals surface area contributed by atoms with E-state index >= 15 is 0 Å². The lowest BCUT2D eigenvalue weighted by molar-refractivity contribution is 0.0901. The summed E-state index contributed by atoms with van der Waals surface area (Å²) < 4.78 is 23.8. The number of para-hydroxylation sites is 1. The van der Waals surface area contributed by atoms with Crippen LogP contribution in [0, 0.1) is 5.82 Å². The molecule has 1 amide bonds. The molecule has 5 rings (SSSR count). The number of rotatable bonds is 7. The number of aromatic nitrogens is 5. The first-order valence-electron chi connectivity index (χ1n) is 11.4. The maximum absolute atomic E-state index is 14.8. The second kappa shape index (κ2) is 9.30. The molecule has 3 heterocycles. The SMILES string of the molecule is CCOC1C=CC(c2nnc(C3CC(NC(=O)c4ccn(C)n4)C3)n2-c2ccccc2F)=NC1. The molecule has 1 unspecified atom stereocenters. The minimum Gasteiger partial charge on any atom is -0.372 e. The molecule has 2 aliphatic rings. The monoisotopic (exact) mass is 463 g/mol. The summed E-state index contributed by atoms with van der Waals surface area (Å²) in [5, 5.41) is 16.0. The minimum absolute atomic E-state index is 0.00686. The molecular weight excluding hydrogens is 437 g/mol. The van der Waals surface area contributed by atoms with E-state index in [9.17, 15) is 9.18 Å². The van der Waals surface area contributed by atoms with Crippen LogP contribution in [0.5, 0.6) is 0 Å². The third-order valence-corrected chi connectivity index (χ3v) is 6.09. The highest BCUT2D eigenvalue weighted by Crippen LogP contribution is 2.38. The molecular formula is C24H26FN7O2. The maximum Gasteiger partial charge on any atom is 0.271 e. The lowest BCUT2D eigenvalue weighted by Gasteiger charge is -2.35. The molecule has 1 atom stereocenters. The first-order chi connectivity index (χ1) is 16.5. The Balaban J connectivity index is 1.38. The fourth-order valence-electron chi connectivity index (χ4n) is 4.31. The Morgan fingerprint density at radius 3 is 2.74 bits per heavy atom. The van der Waals surface area contributed by atoms with Gasteiger partial charge < -0.3 is 10.1 Å². The fraction of sp³-hybridized carbons (Fsp3) is 0.375. The van der Waals surface area contributed by atoms with Gasteiger partial charge in [-0.05, 0) is 44.0 Å². The molecule has 176 valence electrons. The highest BCUT2D eigenvalue weighted by atomic mass is 19.1. The van der Waals surface area contributed by atoms with Crippen molar-refractivity contribution in [2.75, 3.05) is 13.2 Å². The summed E-state index contributed by atoms with van der Waals surface area (Å²) in [7, 11) is 1.77. The quantitative estimate of drug-likeness (QED) is 0.581. The molecule has 1 aromatic carbocycles. The number of benzene rings is 1. The summed E-state index contributed by atoms with van der Waals surface area (Å²) in [6.07, 6.45) is 6.81. The van der Waals surface area contributed by atoms with Crippen LogP contribution in [0.3, 0.4) is 0 Å². The van der Waals surface area contributed by atoms with Crippen molar-refractivity contribution in [1.82, 2.24) is 29.9 Å². The molecule has 0 bridgehead atoms. The van der Waals surface area contributed by atoms with Crippen LogP contribution in [-0.4, -0.2) is 61.5 Å². The van der Waals surface area contributed by atoms with Crippen LogP contribution in [0.1, 0.15) is 47.8 Å². The summed E-state index contributed by atoms with van der Waals surface area (Å²) in [4.78, 5) is 17.0. The highest BCUT2D eigenvalue weighted by molar-refractivity contribution is 6.07. The van der Waals surface area contributed by atoms with E-state index in [0.717, 1.165) is 0 Å². The van der Waals surface area contributed by atoms with Gasteiger partial charge in [0.25, 0.3) is 5.91 Å². The molecule has 1 fully saturated rings. The molecule has 1 N–H and O–H groups in total. The molecule has 0 saturated heterocycles. The van der Waals surface area contributed by atoms with Crippen molar-refractivity contribution >= 4 is 11.6 Å². The van der Waals surface area contributed by atoms with Crippen LogP contribution < -0.4 is 5.32 Å². The Morgan fingerprint density at radius 1 is 1.24 bits per heavy atom. The van der Waals surface area contributed by atoms with Gasteiger partial charge in [0, 0.05) is 31.8 Å². The largest absolute Gasteiger partial charge is 0.372 e. The first kappa shape index (κ1) is 22.1. The number of nitrogens with zero attached hydrogens (tertiary/aromatic N) is 6.